The highest BCUT2D eigenvalue weighted by atomic mass is 32.2. The third-order valence-corrected chi connectivity index (χ3v) is 5.90. The number of nitrogens with one attached hydrogen (secondary N) is 4. The molecule has 1 aromatic heterocycles. The van der Waals surface area contributed by atoms with Gasteiger partial charge in [-0.15, -0.1) is 0 Å². The summed E-state index contributed by atoms with van der Waals surface area (Å²) in [6, 6.07) is 4.58. The Morgan fingerprint density at radius 2 is 1.93 bits per heavy atom. The van der Waals surface area contributed by atoms with Crippen LogP contribution < -0.4 is 15.4 Å². The summed E-state index contributed by atoms with van der Waals surface area (Å²) in [6.07, 6.45) is -1.86. The third kappa shape index (κ3) is 4.16. The molecule has 2 aromatic rings. The summed E-state index contributed by atoms with van der Waals surface area (Å²) in [7, 11) is -2.24. The molecule has 12 heteroatoms. The minimum atomic E-state index is -4.61. The summed E-state index contributed by atoms with van der Waals surface area (Å²) in [5.74, 6) is -0.547. The molecule has 0 saturated heterocycles. The van der Waals surface area contributed by atoms with E-state index in [4.69, 9.17) is 5.41 Å². The second-order valence-corrected chi connectivity index (χ2v) is 8.05. The molecule has 0 atom stereocenters. The number of halogens is 3. The van der Waals surface area contributed by atoms with Crippen LogP contribution in [-0.4, -0.2) is 36.9 Å². The number of sulfonamides is 1. The average molecular weight is 414 g/mol. The molecule has 0 unspecified atom stereocenters. The van der Waals surface area contributed by atoms with Gasteiger partial charge in [-0.2, -0.15) is 18.2 Å². The molecule has 0 aliphatic heterocycles. The summed E-state index contributed by atoms with van der Waals surface area (Å²) in [5, 5.41) is 12.3. The lowest BCUT2D eigenvalue weighted by molar-refractivity contribution is -0.137. The van der Waals surface area contributed by atoms with Gasteiger partial charge >= 0.3 is 6.18 Å². The van der Waals surface area contributed by atoms with Gasteiger partial charge in [-0.3, -0.25) is 4.72 Å². The number of benzene rings is 1. The first-order chi connectivity index (χ1) is 13.2. The van der Waals surface area contributed by atoms with E-state index in [9.17, 15) is 21.6 Å². The highest BCUT2D eigenvalue weighted by Crippen LogP contribution is 2.35. The molecular weight excluding hydrogens is 397 g/mol. The Morgan fingerprint density at radius 1 is 1.25 bits per heavy atom. The van der Waals surface area contributed by atoms with Crippen molar-refractivity contribution in [1.82, 2.24) is 9.97 Å². The van der Waals surface area contributed by atoms with Crippen LogP contribution in [0.5, 0.6) is 0 Å². The SMILES string of the molecule is CNc1nc(Nc2cccc(NS(=O)(=O)C3CC3)c2C=N)ncc1C(F)(F)F. The maximum absolute atomic E-state index is 13.0. The lowest BCUT2D eigenvalue weighted by Gasteiger charge is -2.15. The van der Waals surface area contributed by atoms with Gasteiger partial charge in [-0.25, -0.2) is 13.4 Å². The Morgan fingerprint density at radius 3 is 2.50 bits per heavy atom. The fourth-order valence-corrected chi connectivity index (χ4v) is 3.90. The number of anilines is 4. The summed E-state index contributed by atoms with van der Waals surface area (Å²) >= 11 is 0. The van der Waals surface area contributed by atoms with Crippen LogP contribution in [0.3, 0.4) is 0 Å². The van der Waals surface area contributed by atoms with Crippen molar-refractivity contribution in [3.05, 3.63) is 35.5 Å². The zero-order chi connectivity index (χ0) is 20.5. The van der Waals surface area contributed by atoms with Crippen molar-refractivity contribution in [1.29, 1.82) is 5.41 Å². The first-order valence-corrected chi connectivity index (χ1v) is 9.74. The fraction of sp³-hybridized carbons (Fsp3) is 0.312. The maximum atomic E-state index is 13.0. The molecule has 8 nitrogen and oxygen atoms in total. The van der Waals surface area contributed by atoms with E-state index >= 15 is 0 Å². The third-order valence-electron chi connectivity index (χ3n) is 4.04. The van der Waals surface area contributed by atoms with Gasteiger partial charge < -0.3 is 16.0 Å². The minimum Gasteiger partial charge on any atom is -0.372 e. The topological polar surface area (TPSA) is 120 Å². The van der Waals surface area contributed by atoms with Crippen LogP contribution in [-0.2, 0) is 16.2 Å². The van der Waals surface area contributed by atoms with E-state index in [-0.39, 0.29) is 22.9 Å². The Balaban J connectivity index is 1.92. The van der Waals surface area contributed by atoms with Crippen molar-refractivity contribution in [2.45, 2.75) is 24.3 Å². The summed E-state index contributed by atoms with van der Waals surface area (Å²) in [4.78, 5) is 7.47. The van der Waals surface area contributed by atoms with Crippen LogP contribution in [0.4, 0.5) is 36.3 Å². The second kappa shape index (κ2) is 7.26. The Kier molecular flexibility index (Phi) is 5.15. The first kappa shape index (κ1) is 19.9. The average Bonchev–Trinajstić information content (AvgIpc) is 3.46. The number of aromatic nitrogens is 2. The molecule has 1 aromatic carbocycles. The molecule has 0 spiro atoms. The van der Waals surface area contributed by atoms with Crippen molar-refractivity contribution in [2.75, 3.05) is 22.4 Å². The molecular formula is C16H17F3N6O2S. The van der Waals surface area contributed by atoms with Crippen molar-refractivity contribution in [3.63, 3.8) is 0 Å². The lowest BCUT2D eigenvalue weighted by atomic mass is 10.1. The van der Waals surface area contributed by atoms with Gasteiger partial charge in [0.15, 0.2) is 0 Å². The maximum Gasteiger partial charge on any atom is 0.421 e. The van der Waals surface area contributed by atoms with Crippen LogP contribution in [0.2, 0.25) is 0 Å². The lowest BCUT2D eigenvalue weighted by Crippen LogP contribution is -2.18. The van der Waals surface area contributed by atoms with Gasteiger partial charge in [-0.1, -0.05) is 6.07 Å². The number of alkyl halides is 3. The highest BCUT2D eigenvalue weighted by molar-refractivity contribution is 7.93. The smallest absolute Gasteiger partial charge is 0.372 e. The first-order valence-electron chi connectivity index (χ1n) is 8.20. The predicted octanol–water partition coefficient (Wildman–Crippen LogP) is 3.18. The summed E-state index contributed by atoms with van der Waals surface area (Å²) in [6.45, 7) is 0. The van der Waals surface area contributed by atoms with Crippen molar-refractivity contribution >= 4 is 39.4 Å². The molecule has 0 amide bonds. The fourth-order valence-electron chi connectivity index (χ4n) is 2.49. The molecule has 28 heavy (non-hydrogen) atoms. The van der Waals surface area contributed by atoms with E-state index in [0.29, 0.717) is 19.0 Å². The van der Waals surface area contributed by atoms with Gasteiger partial charge in [0.1, 0.15) is 11.4 Å². The van der Waals surface area contributed by atoms with E-state index < -0.39 is 32.8 Å². The Bertz CT molecular complexity index is 1010. The minimum absolute atomic E-state index is 0.136. The van der Waals surface area contributed by atoms with Crippen LogP contribution >= 0.6 is 0 Å². The quantitative estimate of drug-likeness (QED) is 0.517. The molecule has 1 aliphatic carbocycles. The van der Waals surface area contributed by atoms with Gasteiger partial charge in [0.25, 0.3) is 0 Å². The van der Waals surface area contributed by atoms with Gasteiger partial charge in [0.2, 0.25) is 16.0 Å². The normalized spacial score (nSPS) is 14.4. The van der Waals surface area contributed by atoms with Crippen LogP contribution in [0.1, 0.15) is 24.0 Å². The monoisotopic (exact) mass is 414 g/mol. The predicted molar refractivity (Wildman–Crippen MR) is 99.8 cm³/mol. The van der Waals surface area contributed by atoms with E-state index in [1.54, 1.807) is 6.07 Å². The van der Waals surface area contributed by atoms with Gasteiger partial charge in [0, 0.05) is 25.0 Å². The molecule has 1 saturated carbocycles. The van der Waals surface area contributed by atoms with Crippen molar-refractivity contribution in [3.8, 4) is 0 Å². The van der Waals surface area contributed by atoms with Gasteiger partial charge in [0.05, 0.1) is 16.6 Å². The molecule has 0 radical (unpaired) electrons. The standard InChI is InChI=1S/C16H17F3N6O2S/c1-21-14-11(16(17,18)19)8-22-15(24-14)23-12-3-2-4-13(10(12)7-20)25-28(26,27)9-5-6-9/h2-4,7-9,20,25H,5-6H2,1H3,(H2,21,22,23,24). The molecule has 0 bridgehead atoms. The van der Waals surface area contributed by atoms with Crippen LogP contribution in [0.15, 0.2) is 24.4 Å². The Labute approximate surface area is 159 Å². The van der Waals surface area contributed by atoms with Crippen molar-refractivity contribution in [2.24, 2.45) is 0 Å². The van der Waals surface area contributed by atoms with Crippen molar-refractivity contribution < 1.29 is 21.6 Å². The summed E-state index contributed by atoms with van der Waals surface area (Å²) < 4.78 is 65.7. The largest absolute Gasteiger partial charge is 0.421 e. The highest BCUT2D eigenvalue weighted by Gasteiger charge is 2.36. The van der Waals surface area contributed by atoms with Crippen LogP contribution in [0.25, 0.3) is 0 Å². The van der Waals surface area contributed by atoms with Gasteiger partial charge in [-0.05, 0) is 25.0 Å². The summed E-state index contributed by atoms with van der Waals surface area (Å²) in [5.41, 5.74) is -0.347. The number of hydrogen-bond acceptors (Lipinski definition) is 7. The molecule has 1 fully saturated rings. The zero-order valence-electron chi connectivity index (χ0n) is 14.6. The molecule has 1 aliphatic rings. The number of rotatable bonds is 7. The molecule has 1 heterocycles. The van der Waals surface area contributed by atoms with E-state index in [1.807, 2.05) is 0 Å². The molecule has 150 valence electrons. The van der Waals surface area contributed by atoms with E-state index in [2.05, 4.69) is 25.3 Å². The second-order valence-electron chi connectivity index (χ2n) is 6.09. The molecule has 4 N–H and O–H groups in total. The van der Waals surface area contributed by atoms with Crippen LogP contribution in [0, 0.1) is 5.41 Å². The Hall–Kier alpha value is -2.89. The number of nitrogens with zero attached hydrogens (tertiary/aromatic N) is 2. The van der Waals surface area contributed by atoms with E-state index in [1.165, 1.54) is 19.2 Å². The number of hydrogen-bond donors (Lipinski definition) is 4. The zero-order valence-corrected chi connectivity index (χ0v) is 15.4. The van der Waals surface area contributed by atoms with E-state index in [0.717, 1.165) is 6.21 Å². The molecule has 3 rings (SSSR count).